The van der Waals surface area contributed by atoms with Crippen molar-refractivity contribution < 1.29 is 4.79 Å². The molecule has 78 valence electrons. The first-order valence-corrected chi connectivity index (χ1v) is 6.21. The SMILES string of the molecule is CC(=O)SCCC#Cc1cccnc1Br. The monoisotopic (exact) mass is 283 g/mol. The number of carbonyl (C=O) groups is 1. The van der Waals surface area contributed by atoms with Crippen molar-refractivity contribution in [2.75, 3.05) is 5.75 Å². The normalized spacial score (nSPS) is 9.20. The van der Waals surface area contributed by atoms with Crippen LogP contribution in [0.4, 0.5) is 0 Å². The third kappa shape index (κ3) is 5.01. The molecule has 1 heterocycles. The number of aromatic nitrogens is 1. The highest BCUT2D eigenvalue weighted by Crippen LogP contribution is 2.10. The number of nitrogens with zero attached hydrogens (tertiary/aromatic N) is 1. The van der Waals surface area contributed by atoms with Crippen LogP contribution < -0.4 is 0 Å². The summed E-state index contributed by atoms with van der Waals surface area (Å²) in [5, 5.41) is 0.138. The number of hydrogen-bond donors (Lipinski definition) is 0. The lowest BCUT2D eigenvalue weighted by Crippen LogP contribution is -1.84. The van der Waals surface area contributed by atoms with Gasteiger partial charge in [-0.25, -0.2) is 4.98 Å². The lowest BCUT2D eigenvalue weighted by molar-refractivity contribution is -0.109. The highest BCUT2D eigenvalue weighted by Gasteiger charge is 1.94. The third-order valence-electron chi connectivity index (χ3n) is 1.51. The maximum atomic E-state index is 10.6. The van der Waals surface area contributed by atoms with Gasteiger partial charge >= 0.3 is 0 Å². The van der Waals surface area contributed by atoms with Crippen molar-refractivity contribution in [2.24, 2.45) is 0 Å². The Morgan fingerprint density at radius 2 is 2.47 bits per heavy atom. The molecule has 0 N–H and O–H groups in total. The maximum Gasteiger partial charge on any atom is 0.185 e. The van der Waals surface area contributed by atoms with Crippen LogP contribution >= 0.6 is 27.7 Å². The van der Waals surface area contributed by atoms with Crippen LogP contribution in [0.25, 0.3) is 0 Å². The largest absolute Gasteiger partial charge is 0.288 e. The Kier molecular flexibility index (Phi) is 5.44. The molecule has 4 heteroatoms. The number of pyridine rings is 1. The average molecular weight is 284 g/mol. The van der Waals surface area contributed by atoms with Gasteiger partial charge in [-0.05, 0) is 28.1 Å². The molecular formula is C11H10BrNOS. The van der Waals surface area contributed by atoms with Crippen molar-refractivity contribution in [3.05, 3.63) is 28.5 Å². The van der Waals surface area contributed by atoms with Gasteiger partial charge in [0.05, 0.1) is 5.56 Å². The van der Waals surface area contributed by atoms with Gasteiger partial charge in [-0.3, -0.25) is 4.79 Å². The molecule has 2 nitrogen and oxygen atoms in total. The van der Waals surface area contributed by atoms with E-state index in [0.29, 0.717) is 6.42 Å². The van der Waals surface area contributed by atoms with Crippen molar-refractivity contribution in [3.63, 3.8) is 0 Å². The van der Waals surface area contributed by atoms with Crippen molar-refractivity contribution in [2.45, 2.75) is 13.3 Å². The van der Waals surface area contributed by atoms with Gasteiger partial charge in [0.15, 0.2) is 5.12 Å². The Labute approximate surface area is 102 Å². The van der Waals surface area contributed by atoms with Crippen LogP contribution in [0.1, 0.15) is 18.9 Å². The predicted octanol–water partition coefficient (Wildman–Crippen LogP) is 2.87. The van der Waals surface area contributed by atoms with Crippen molar-refractivity contribution in [1.29, 1.82) is 0 Å². The summed E-state index contributed by atoms with van der Waals surface area (Å²) in [6.45, 7) is 1.57. The molecule has 0 fully saturated rings. The Hall–Kier alpha value is -0.790. The molecule has 0 aromatic carbocycles. The predicted molar refractivity (Wildman–Crippen MR) is 66.6 cm³/mol. The lowest BCUT2D eigenvalue weighted by atomic mass is 10.3. The number of hydrogen-bond acceptors (Lipinski definition) is 3. The molecule has 15 heavy (non-hydrogen) atoms. The standard InChI is InChI=1S/C11H10BrNOS/c1-9(14)15-8-3-2-5-10-6-4-7-13-11(10)12/h4,6-7H,3,8H2,1H3. The number of rotatable bonds is 2. The maximum absolute atomic E-state index is 10.6. The number of thioether (sulfide) groups is 1. The first kappa shape index (κ1) is 12.3. The van der Waals surface area contributed by atoms with Crippen LogP contribution in [0.15, 0.2) is 22.9 Å². The summed E-state index contributed by atoms with van der Waals surface area (Å²) in [4.78, 5) is 14.7. The topological polar surface area (TPSA) is 30.0 Å². The molecule has 0 saturated heterocycles. The van der Waals surface area contributed by atoms with E-state index >= 15 is 0 Å². The minimum absolute atomic E-state index is 0.138. The first-order valence-electron chi connectivity index (χ1n) is 4.43. The molecule has 0 saturated carbocycles. The van der Waals surface area contributed by atoms with E-state index in [1.54, 1.807) is 13.1 Å². The van der Waals surface area contributed by atoms with Gasteiger partial charge < -0.3 is 0 Å². The van der Waals surface area contributed by atoms with Gasteiger partial charge in [-0.1, -0.05) is 23.6 Å². The summed E-state index contributed by atoms with van der Waals surface area (Å²) in [7, 11) is 0. The fourth-order valence-electron chi connectivity index (χ4n) is 0.883. The van der Waals surface area contributed by atoms with E-state index < -0.39 is 0 Å². The molecular weight excluding hydrogens is 274 g/mol. The summed E-state index contributed by atoms with van der Waals surface area (Å²) in [6.07, 6.45) is 2.42. The smallest absolute Gasteiger partial charge is 0.185 e. The summed E-state index contributed by atoms with van der Waals surface area (Å²) < 4.78 is 0.761. The molecule has 0 atom stereocenters. The van der Waals surface area contributed by atoms with E-state index in [1.165, 1.54) is 11.8 Å². The zero-order valence-corrected chi connectivity index (χ0v) is 10.7. The van der Waals surface area contributed by atoms with Crippen molar-refractivity contribution >= 4 is 32.8 Å². The lowest BCUT2D eigenvalue weighted by Gasteiger charge is -1.92. The Morgan fingerprint density at radius 3 is 3.13 bits per heavy atom. The van der Waals surface area contributed by atoms with E-state index in [2.05, 4.69) is 32.8 Å². The van der Waals surface area contributed by atoms with E-state index in [4.69, 9.17) is 0 Å². The molecule has 0 spiro atoms. The highest BCUT2D eigenvalue weighted by molar-refractivity contribution is 9.10. The Morgan fingerprint density at radius 1 is 1.67 bits per heavy atom. The second-order valence-corrected chi connectivity index (χ2v) is 4.76. The molecule has 0 aliphatic rings. The van der Waals surface area contributed by atoms with Gasteiger partial charge in [0.25, 0.3) is 0 Å². The highest BCUT2D eigenvalue weighted by atomic mass is 79.9. The molecule has 0 radical (unpaired) electrons. The van der Waals surface area contributed by atoms with Crippen LogP contribution in [0, 0.1) is 11.8 Å². The zero-order chi connectivity index (χ0) is 11.1. The van der Waals surface area contributed by atoms with Crippen LogP contribution in [-0.4, -0.2) is 15.9 Å². The summed E-state index contributed by atoms with van der Waals surface area (Å²) in [5.41, 5.74) is 0.880. The molecule has 0 bridgehead atoms. The second kappa shape index (κ2) is 6.65. The molecule has 0 aliphatic heterocycles. The van der Waals surface area contributed by atoms with Crippen LogP contribution in [0.5, 0.6) is 0 Å². The van der Waals surface area contributed by atoms with Gasteiger partial charge in [0.1, 0.15) is 4.60 Å². The molecule has 0 unspecified atom stereocenters. The van der Waals surface area contributed by atoms with Gasteiger partial charge in [-0.2, -0.15) is 0 Å². The van der Waals surface area contributed by atoms with E-state index in [9.17, 15) is 4.79 Å². The molecule has 1 aromatic heterocycles. The van der Waals surface area contributed by atoms with E-state index in [-0.39, 0.29) is 5.12 Å². The first-order chi connectivity index (χ1) is 7.20. The molecule has 0 amide bonds. The minimum atomic E-state index is 0.138. The summed E-state index contributed by atoms with van der Waals surface area (Å²) >= 11 is 4.62. The summed E-state index contributed by atoms with van der Waals surface area (Å²) in [6, 6.07) is 3.75. The van der Waals surface area contributed by atoms with E-state index in [0.717, 1.165) is 15.9 Å². The van der Waals surface area contributed by atoms with Crippen molar-refractivity contribution in [1.82, 2.24) is 4.98 Å². The van der Waals surface area contributed by atoms with Gasteiger partial charge in [0.2, 0.25) is 0 Å². The quantitative estimate of drug-likeness (QED) is 0.475. The fourth-order valence-corrected chi connectivity index (χ4v) is 1.72. The Balaban J connectivity index is 2.45. The molecule has 1 rings (SSSR count). The average Bonchev–Trinajstić information content (AvgIpc) is 2.20. The summed E-state index contributed by atoms with van der Waals surface area (Å²) in [5.74, 6) is 6.76. The molecule has 1 aromatic rings. The molecule has 0 aliphatic carbocycles. The van der Waals surface area contributed by atoms with Gasteiger partial charge in [-0.15, -0.1) is 0 Å². The fraction of sp³-hybridized carbons (Fsp3) is 0.273. The van der Waals surface area contributed by atoms with Crippen LogP contribution in [0.3, 0.4) is 0 Å². The van der Waals surface area contributed by atoms with Crippen LogP contribution in [0.2, 0.25) is 0 Å². The third-order valence-corrected chi connectivity index (χ3v) is 2.96. The Bertz CT molecular complexity index is 409. The van der Waals surface area contributed by atoms with E-state index in [1.807, 2.05) is 12.1 Å². The minimum Gasteiger partial charge on any atom is -0.288 e. The zero-order valence-electron chi connectivity index (χ0n) is 8.29. The second-order valence-electron chi connectivity index (χ2n) is 2.73. The van der Waals surface area contributed by atoms with Crippen LogP contribution in [-0.2, 0) is 4.79 Å². The number of halogens is 1. The van der Waals surface area contributed by atoms with Gasteiger partial charge in [0, 0.05) is 25.3 Å². The van der Waals surface area contributed by atoms with Crippen molar-refractivity contribution in [3.8, 4) is 11.8 Å². The number of carbonyl (C=O) groups excluding carboxylic acids is 1.